The number of rotatable bonds is 8. The number of esters is 3. The van der Waals surface area contributed by atoms with E-state index in [0.717, 1.165) is 19.3 Å². The zero-order chi connectivity index (χ0) is 30.7. The molecule has 9 atom stereocenters. The standard InChI is InChI=1S/C31H46N2O10/c1-4-5-28(36)32-12-13-39-30(38)33-19-6-9-23-22(14-19)29(37)43-31(23)24-10-7-20(40-17(2)34)15-26(24)42-27-16-21(41-18(3)35)8-11-25(27)31/h19-27H,4-16H2,1-3H3,(H,32,36)(H,33,38). The average Bonchev–Trinajstić information content (AvgIpc) is 3.22. The third-order valence-electron chi connectivity index (χ3n) is 10.1. The van der Waals surface area contributed by atoms with Gasteiger partial charge in [0.05, 0.1) is 24.7 Å². The van der Waals surface area contributed by atoms with Crippen molar-refractivity contribution in [1.29, 1.82) is 0 Å². The smallest absolute Gasteiger partial charge is 0.407 e. The molecule has 0 radical (unpaired) electrons. The number of nitrogens with one attached hydrogen (secondary N) is 2. The molecule has 9 unspecified atom stereocenters. The first-order valence-corrected chi connectivity index (χ1v) is 16.0. The van der Waals surface area contributed by atoms with Gasteiger partial charge in [0.1, 0.15) is 24.4 Å². The minimum atomic E-state index is -0.708. The summed E-state index contributed by atoms with van der Waals surface area (Å²) >= 11 is 0. The van der Waals surface area contributed by atoms with Crippen LogP contribution < -0.4 is 10.6 Å². The van der Waals surface area contributed by atoms with Crippen molar-refractivity contribution in [3.05, 3.63) is 0 Å². The minimum absolute atomic E-state index is 0.0256. The van der Waals surface area contributed by atoms with Gasteiger partial charge in [0.2, 0.25) is 5.91 Å². The molecule has 2 heterocycles. The van der Waals surface area contributed by atoms with Crippen molar-refractivity contribution >= 4 is 29.9 Å². The maximum absolute atomic E-state index is 13.6. The van der Waals surface area contributed by atoms with Gasteiger partial charge in [-0.3, -0.25) is 19.2 Å². The van der Waals surface area contributed by atoms with Crippen molar-refractivity contribution in [1.82, 2.24) is 10.6 Å². The molecule has 12 heteroatoms. The maximum atomic E-state index is 13.6. The first-order chi connectivity index (χ1) is 20.6. The third kappa shape index (κ3) is 6.78. The fourth-order valence-electron chi connectivity index (χ4n) is 8.69. The van der Waals surface area contributed by atoms with Gasteiger partial charge in [-0.2, -0.15) is 0 Å². The van der Waals surface area contributed by atoms with Crippen LogP contribution >= 0.6 is 0 Å². The Labute approximate surface area is 252 Å². The lowest BCUT2D eigenvalue weighted by molar-refractivity contribution is -0.269. The van der Waals surface area contributed by atoms with Crippen LogP contribution in [-0.2, 0) is 42.9 Å². The molecule has 2 amide bonds. The molecule has 5 fully saturated rings. The van der Waals surface area contributed by atoms with Gasteiger partial charge in [0, 0.05) is 56.9 Å². The Bertz CT molecular complexity index is 1040. The summed E-state index contributed by atoms with van der Waals surface area (Å²) in [6.07, 6.45) is 5.38. The van der Waals surface area contributed by atoms with Crippen LogP contribution in [0.15, 0.2) is 0 Å². The van der Waals surface area contributed by atoms with E-state index in [4.69, 9.17) is 23.7 Å². The van der Waals surface area contributed by atoms with Crippen LogP contribution in [0.1, 0.15) is 91.4 Å². The number of fused-ring (bicyclic) bond motifs is 6. The number of alkyl carbamates (subject to hydrolysis) is 1. The summed E-state index contributed by atoms with van der Waals surface area (Å²) in [5, 5.41) is 5.63. The van der Waals surface area contributed by atoms with Gasteiger partial charge in [-0.1, -0.05) is 6.92 Å². The number of hydrogen-bond donors (Lipinski definition) is 2. The molecule has 240 valence electrons. The van der Waals surface area contributed by atoms with E-state index in [2.05, 4.69) is 10.6 Å². The lowest BCUT2D eigenvalue weighted by Crippen LogP contribution is -2.66. The largest absolute Gasteiger partial charge is 0.462 e. The molecule has 1 spiro atoms. The normalized spacial score (nSPS) is 38.0. The zero-order valence-electron chi connectivity index (χ0n) is 25.5. The molecule has 43 heavy (non-hydrogen) atoms. The van der Waals surface area contributed by atoms with Crippen molar-refractivity contribution < 1.29 is 47.7 Å². The van der Waals surface area contributed by atoms with E-state index < -0.39 is 11.7 Å². The van der Waals surface area contributed by atoms with Gasteiger partial charge in [0.15, 0.2) is 0 Å². The molecule has 5 aliphatic rings. The maximum Gasteiger partial charge on any atom is 0.407 e. The Morgan fingerprint density at radius 2 is 1.47 bits per heavy atom. The van der Waals surface area contributed by atoms with Crippen LogP contribution in [-0.4, -0.2) is 79.1 Å². The molecular formula is C31H46N2O10. The fraction of sp³-hybridized carbons (Fsp3) is 0.839. The quantitative estimate of drug-likeness (QED) is 0.239. The summed E-state index contributed by atoms with van der Waals surface area (Å²) in [6, 6.07) is -0.225. The van der Waals surface area contributed by atoms with Crippen molar-refractivity contribution in [3.63, 3.8) is 0 Å². The lowest BCUT2D eigenvalue weighted by Gasteiger charge is -2.59. The first kappa shape index (κ1) is 31.5. The second-order valence-corrected chi connectivity index (χ2v) is 12.9. The molecule has 0 bridgehead atoms. The van der Waals surface area contributed by atoms with Crippen LogP contribution in [0.25, 0.3) is 0 Å². The van der Waals surface area contributed by atoms with Gasteiger partial charge >= 0.3 is 24.0 Å². The van der Waals surface area contributed by atoms with E-state index in [9.17, 15) is 24.0 Å². The van der Waals surface area contributed by atoms with Crippen LogP contribution in [0.5, 0.6) is 0 Å². The molecule has 3 saturated carbocycles. The Balaban J connectivity index is 1.27. The van der Waals surface area contributed by atoms with Crippen molar-refractivity contribution in [2.24, 2.45) is 23.7 Å². The average molecular weight is 607 g/mol. The topological polar surface area (TPSA) is 156 Å². The Morgan fingerprint density at radius 1 is 0.860 bits per heavy atom. The van der Waals surface area contributed by atoms with Gasteiger partial charge in [0.25, 0.3) is 0 Å². The summed E-state index contributed by atoms with van der Waals surface area (Å²) in [7, 11) is 0. The second kappa shape index (κ2) is 13.4. The van der Waals surface area contributed by atoms with Gasteiger partial charge in [-0.15, -0.1) is 0 Å². The highest BCUT2D eigenvalue weighted by Crippen LogP contribution is 2.61. The van der Waals surface area contributed by atoms with E-state index in [1.165, 1.54) is 13.8 Å². The van der Waals surface area contributed by atoms with Crippen LogP contribution in [0.2, 0.25) is 0 Å². The van der Waals surface area contributed by atoms with E-state index in [1.807, 2.05) is 6.92 Å². The molecule has 0 aromatic rings. The summed E-state index contributed by atoms with van der Waals surface area (Å²) in [4.78, 5) is 61.2. The third-order valence-corrected chi connectivity index (χ3v) is 10.1. The van der Waals surface area contributed by atoms with Crippen LogP contribution in [0.3, 0.4) is 0 Å². The molecule has 2 saturated heterocycles. The van der Waals surface area contributed by atoms with Crippen molar-refractivity contribution in [2.75, 3.05) is 13.2 Å². The summed E-state index contributed by atoms with van der Waals surface area (Å²) in [5.41, 5.74) is -0.708. The number of amides is 2. The molecule has 0 aromatic heterocycles. The highest BCUT2D eigenvalue weighted by molar-refractivity contribution is 5.77. The Hall–Kier alpha value is -2.89. The lowest BCUT2D eigenvalue weighted by atomic mass is 9.54. The van der Waals surface area contributed by atoms with E-state index in [-0.39, 0.29) is 91.1 Å². The van der Waals surface area contributed by atoms with Gasteiger partial charge < -0.3 is 34.3 Å². The molecular weight excluding hydrogens is 560 g/mol. The molecule has 0 aromatic carbocycles. The zero-order valence-corrected chi connectivity index (χ0v) is 25.5. The van der Waals surface area contributed by atoms with E-state index >= 15 is 0 Å². The predicted octanol–water partition coefficient (Wildman–Crippen LogP) is 2.94. The molecule has 12 nitrogen and oxygen atoms in total. The SMILES string of the molecule is CCCC(=O)NCCOC(=O)NC1CCC2C(C1)C(=O)OC21C2CCC(OC(C)=O)CC2OC2CC(OC(C)=O)CCC21. The van der Waals surface area contributed by atoms with Crippen molar-refractivity contribution in [3.8, 4) is 0 Å². The fourth-order valence-corrected chi connectivity index (χ4v) is 8.69. The van der Waals surface area contributed by atoms with Gasteiger partial charge in [-0.25, -0.2) is 4.79 Å². The van der Waals surface area contributed by atoms with Crippen molar-refractivity contribution in [2.45, 2.75) is 127 Å². The summed E-state index contributed by atoms with van der Waals surface area (Å²) < 4.78 is 29.7. The molecule has 3 aliphatic carbocycles. The monoisotopic (exact) mass is 606 g/mol. The summed E-state index contributed by atoms with van der Waals surface area (Å²) in [6.45, 7) is 5.06. The first-order valence-electron chi connectivity index (χ1n) is 16.0. The molecule has 2 aliphatic heterocycles. The molecule has 2 N–H and O–H groups in total. The Morgan fingerprint density at radius 3 is 2.05 bits per heavy atom. The highest BCUT2D eigenvalue weighted by atomic mass is 16.6. The summed E-state index contributed by atoms with van der Waals surface area (Å²) in [5.74, 6) is -1.38. The van der Waals surface area contributed by atoms with E-state index in [1.54, 1.807) is 0 Å². The predicted molar refractivity (Wildman–Crippen MR) is 150 cm³/mol. The van der Waals surface area contributed by atoms with E-state index in [0.29, 0.717) is 51.4 Å². The number of carbonyl (C=O) groups is 5. The highest BCUT2D eigenvalue weighted by Gasteiger charge is 2.69. The number of carbonyl (C=O) groups excluding carboxylic acids is 5. The second-order valence-electron chi connectivity index (χ2n) is 12.9. The van der Waals surface area contributed by atoms with Gasteiger partial charge in [-0.05, 0) is 51.4 Å². The number of hydrogen-bond acceptors (Lipinski definition) is 10. The Kier molecular flexibility index (Phi) is 9.83. The number of ether oxygens (including phenoxy) is 5. The minimum Gasteiger partial charge on any atom is -0.462 e. The molecule has 5 rings (SSSR count). The van der Waals surface area contributed by atoms with Crippen LogP contribution in [0, 0.1) is 23.7 Å². The van der Waals surface area contributed by atoms with Crippen LogP contribution in [0.4, 0.5) is 4.79 Å².